The summed E-state index contributed by atoms with van der Waals surface area (Å²) in [6, 6.07) is 6.43. The van der Waals surface area contributed by atoms with Crippen molar-refractivity contribution in [3.05, 3.63) is 29.3 Å². The molecule has 0 aromatic heterocycles. The molecule has 0 unspecified atom stereocenters. The largest absolute Gasteiger partial charge is 0.496 e. The second-order valence-electron chi connectivity index (χ2n) is 5.98. The third-order valence-electron chi connectivity index (χ3n) is 3.33. The van der Waals surface area contributed by atoms with Crippen molar-refractivity contribution in [3.8, 4) is 5.75 Å². The van der Waals surface area contributed by atoms with Crippen LogP contribution in [-0.4, -0.2) is 31.1 Å². The first-order valence-electron chi connectivity index (χ1n) is 6.99. The zero-order valence-electron chi connectivity index (χ0n) is 13.0. The number of benzene rings is 1. The molecule has 1 aromatic carbocycles. The number of nitrogens with zero attached hydrogens (tertiary/aromatic N) is 1. The van der Waals surface area contributed by atoms with Crippen molar-refractivity contribution in [2.45, 2.75) is 45.7 Å². The molecule has 0 saturated carbocycles. The van der Waals surface area contributed by atoms with Crippen molar-refractivity contribution in [2.24, 2.45) is 5.73 Å². The van der Waals surface area contributed by atoms with Crippen LogP contribution in [0.15, 0.2) is 18.2 Å². The summed E-state index contributed by atoms with van der Waals surface area (Å²) in [7, 11) is 3.86. The van der Waals surface area contributed by atoms with E-state index < -0.39 is 0 Å². The normalized spacial score (nSPS) is 11.9. The Balaban J connectivity index is 2.69. The van der Waals surface area contributed by atoms with Crippen molar-refractivity contribution in [3.63, 3.8) is 0 Å². The lowest BCUT2D eigenvalue weighted by Crippen LogP contribution is -2.36. The van der Waals surface area contributed by atoms with E-state index in [1.165, 1.54) is 11.1 Å². The quantitative estimate of drug-likeness (QED) is 0.823. The fourth-order valence-electron chi connectivity index (χ4n) is 2.02. The van der Waals surface area contributed by atoms with Crippen LogP contribution in [0.2, 0.25) is 0 Å². The first-order valence-corrected chi connectivity index (χ1v) is 6.99. The summed E-state index contributed by atoms with van der Waals surface area (Å²) >= 11 is 0. The summed E-state index contributed by atoms with van der Waals surface area (Å²) in [4.78, 5) is 2.30. The number of hydrogen-bond donors (Lipinski definition) is 1. The SMILES string of the molecule is CCc1ccc(OC)c(CN(C)CCC(C)(C)N)c1. The van der Waals surface area contributed by atoms with Gasteiger partial charge in [-0.2, -0.15) is 0 Å². The van der Waals surface area contributed by atoms with Gasteiger partial charge in [0.05, 0.1) is 7.11 Å². The van der Waals surface area contributed by atoms with Crippen molar-refractivity contribution in [1.82, 2.24) is 4.90 Å². The lowest BCUT2D eigenvalue weighted by atomic mass is 10.0. The van der Waals surface area contributed by atoms with E-state index >= 15 is 0 Å². The molecule has 0 amide bonds. The summed E-state index contributed by atoms with van der Waals surface area (Å²) < 4.78 is 5.44. The molecule has 0 aliphatic rings. The molecule has 0 atom stereocenters. The molecule has 0 aliphatic carbocycles. The highest BCUT2D eigenvalue weighted by Crippen LogP contribution is 2.22. The Labute approximate surface area is 117 Å². The molecule has 1 aromatic rings. The standard InChI is InChI=1S/C16H28N2O/c1-6-13-7-8-15(19-5)14(11-13)12-18(4)10-9-16(2,3)17/h7-8,11H,6,9-10,12,17H2,1-5H3. The van der Waals surface area contributed by atoms with Crippen LogP contribution in [0.5, 0.6) is 5.75 Å². The molecule has 0 radical (unpaired) electrons. The molecule has 1 rings (SSSR count). The summed E-state index contributed by atoms with van der Waals surface area (Å²) in [5, 5.41) is 0. The maximum Gasteiger partial charge on any atom is 0.123 e. The van der Waals surface area contributed by atoms with Gasteiger partial charge in [0.2, 0.25) is 0 Å². The second kappa shape index (κ2) is 6.92. The Morgan fingerprint density at radius 3 is 2.53 bits per heavy atom. The van der Waals surface area contributed by atoms with Gasteiger partial charge in [0, 0.05) is 17.6 Å². The van der Waals surface area contributed by atoms with Gasteiger partial charge in [-0.3, -0.25) is 0 Å². The molecule has 3 nitrogen and oxygen atoms in total. The fourth-order valence-corrected chi connectivity index (χ4v) is 2.02. The number of hydrogen-bond acceptors (Lipinski definition) is 3. The molecule has 0 bridgehead atoms. The molecule has 19 heavy (non-hydrogen) atoms. The van der Waals surface area contributed by atoms with E-state index in [4.69, 9.17) is 10.5 Å². The average Bonchev–Trinajstić information content (AvgIpc) is 2.35. The molecular formula is C16H28N2O. The number of rotatable bonds is 7. The van der Waals surface area contributed by atoms with Crippen LogP contribution in [0.3, 0.4) is 0 Å². The highest BCUT2D eigenvalue weighted by atomic mass is 16.5. The van der Waals surface area contributed by atoms with Gasteiger partial charge in [-0.1, -0.05) is 19.1 Å². The van der Waals surface area contributed by atoms with Crippen LogP contribution < -0.4 is 10.5 Å². The molecule has 3 heteroatoms. The minimum atomic E-state index is -0.108. The lowest BCUT2D eigenvalue weighted by molar-refractivity contribution is 0.284. The molecule has 0 spiro atoms. The predicted octanol–water partition coefficient (Wildman–Crippen LogP) is 2.82. The van der Waals surface area contributed by atoms with E-state index in [1.54, 1.807) is 7.11 Å². The van der Waals surface area contributed by atoms with Crippen molar-refractivity contribution >= 4 is 0 Å². The number of methoxy groups -OCH3 is 1. The second-order valence-corrected chi connectivity index (χ2v) is 5.98. The third-order valence-corrected chi connectivity index (χ3v) is 3.33. The van der Waals surface area contributed by atoms with E-state index in [9.17, 15) is 0 Å². The average molecular weight is 264 g/mol. The van der Waals surface area contributed by atoms with Gasteiger partial charge in [0.25, 0.3) is 0 Å². The zero-order valence-corrected chi connectivity index (χ0v) is 13.0. The first-order chi connectivity index (χ1) is 8.85. The molecule has 108 valence electrons. The van der Waals surface area contributed by atoms with Crippen LogP contribution >= 0.6 is 0 Å². The molecular weight excluding hydrogens is 236 g/mol. The first kappa shape index (κ1) is 16.0. The van der Waals surface area contributed by atoms with Crippen molar-refractivity contribution < 1.29 is 4.74 Å². The van der Waals surface area contributed by atoms with E-state index in [0.29, 0.717) is 0 Å². The Bertz CT molecular complexity index is 396. The summed E-state index contributed by atoms with van der Waals surface area (Å²) in [6.07, 6.45) is 2.04. The fraction of sp³-hybridized carbons (Fsp3) is 0.625. The summed E-state index contributed by atoms with van der Waals surface area (Å²) in [6.45, 7) is 8.20. The Kier molecular flexibility index (Phi) is 5.83. The molecule has 0 saturated heterocycles. The Morgan fingerprint density at radius 1 is 1.32 bits per heavy atom. The lowest BCUT2D eigenvalue weighted by Gasteiger charge is -2.24. The van der Waals surface area contributed by atoms with Crippen LogP contribution in [0.4, 0.5) is 0 Å². The molecule has 0 fully saturated rings. The maximum atomic E-state index is 6.03. The zero-order chi connectivity index (χ0) is 14.5. The van der Waals surface area contributed by atoms with Crippen LogP contribution in [-0.2, 0) is 13.0 Å². The van der Waals surface area contributed by atoms with Crippen LogP contribution in [0, 0.1) is 0 Å². The molecule has 2 N–H and O–H groups in total. The van der Waals surface area contributed by atoms with Gasteiger partial charge in [-0.25, -0.2) is 0 Å². The van der Waals surface area contributed by atoms with E-state index in [-0.39, 0.29) is 5.54 Å². The summed E-state index contributed by atoms with van der Waals surface area (Å²) in [5.74, 6) is 0.969. The number of aryl methyl sites for hydroxylation is 1. The monoisotopic (exact) mass is 264 g/mol. The minimum Gasteiger partial charge on any atom is -0.496 e. The topological polar surface area (TPSA) is 38.5 Å². The molecule has 0 aliphatic heterocycles. The van der Waals surface area contributed by atoms with Crippen molar-refractivity contribution in [1.29, 1.82) is 0 Å². The predicted molar refractivity (Wildman–Crippen MR) is 81.6 cm³/mol. The number of nitrogens with two attached hydrogens (primary N) is 1. The van der Waals surface area contributed by atoms with E-state index in [1.807, 2.05) is 0 Å². The number of ether oxygens (including phenoxy) is 1. The highest BCUT2D eigenvalue weighted by molar-refractivity contribution is 5.37. The minimum absolute atomic E-state index is 0.108. The van der Waals surface area contributed by atoms with Crippen LogP contribution in [0.25, 0.3) is 0 Å². The van der Waals surface area contributed by atoms with Crippen LogP contribution in [0.1, 0.15) is 38.3 Å². The maximum absolute atomic E-state index is 6.03. The van der Waals surface area contributed by atoms with Crippen molar-refractivity contribution in [2.75, 3.05) is 20.7 Å². The Hall–Kier alpha value is -1.06. The van der Waals surface area contributed by atoms with Gasteiger partial charge < -0.3 is 15.4 Å². The van der Waals surface area contributed by atoms with Gasteiger partial charge in [0.15, 0.2) is 0 Å². The van der Waals surface area contributed by atoms with Gasteiger partial charge >= 0.3 is 0 Å². The van der Waals surface area contributed by atoms with Gasteiger partial charge in [-0.15, -0.1) is 0 Å². The van der Waals surface area contributed by atoms with E-state index in [2.05, 4.69) is 50.9 Å². The van der Waals surface area contributed by atoms with E-state index in [0.717, 1.165) is 31.7 Å². The highest BCUT2D eigenvalue weighted by Gasteiger charge is 2.13. The molecule has 0 heterocycles. The summed E-state index contributed by atoms with van der Waals surface area (Å²) in [5.41, 5.74) is 8.52. The third kappa shape index (κ3) is 5.62. The van der Waals surface area contributed by atoms with Gasteiger partial charge in [0.1, 0.15) is 5.75 Å². The Morgan fingerprint density at radius 2 is 2.00 bits per heavy atom. The smallest absolute Gasteiger partial charge is 0.123 e. The van der Waals surface area contributed by atoms with Gasteiger partial charge in [-0.05, 0) is 51.9 Å².